The Morgan fingerprint density at radius 3 is 2.81 bits per heavy atom. The Kier molecular flexibility index (Phi) is 5.32. The van der Waals surface area contributed by atoms with Crippen LogP contribution in [-0.2, 0) is 14.3 Å². The summed E-state index contributed by atoms with van der Waals surface area (Å²) in [6, 6.07) is 7.94. The molecule has 1 aromatic rings. The molecule has 1 fully saturated rings. The molecule has 0 unspecified atom stereocenters. The molecule has 0 saturated carbocycles. The summed E-state index contributed by atoms with van der Waals surface area (Å²) in [5.74, 6) is -0.145. The van der Waals surface area contributed by atoms with Gasteiger partial charge in [0.2, 0.25) is 0 Å². The number of hydrogen-bond acceptors (Lipinski definition) is 4. The van der Waals surface area contributed by atoms with Crippen LogP contribution in [0.25, 0.3) is 0 Å². The Morgan fingerprint density at radius 1 is 1.38 bits per heavy atom. The highest BCUT2D eigenvalue weighted by molar-refractivity contribution is 5.96. The second kappa shape index (κ2) is 7.21. The van der Waals surface area contributed by atoms with Crippen molar-refractivity contribution in [3.8, 4) is 6.07 Å². The van der Waals surface area contributed by atoms with Gasteiger partial charge in [-0.25, -0.2) is 0 Å². The zero-order valence-corrected chi connectivity index (χ0v) is 12.5. The first kappa shape index (κ1) is 15.5. The summed E-state index contributed by atoms with van der Waals surface area (Å²) in [5, 5.41) is 8.81. The maximum absolute atomic E-state index is 12.6. The van der Waals surface area contributed by atoms with Crippen LogP contribution >= 0.6 is 0 Å². The smallest absolute Gasteiger partial charge is 0.258 e. The van der Waals surface area contributed by atoms with E-state index >= 15 is 0 Å². The van der Waals surface area contributed by atoms with Crippen molar-refractivity contribution in [3.63, 3.8) is 0 Å². The quantitative estimate of drug-likeness (QED) is 0.849. The summed E-state index contributed by atoms with van der Waals surface area (Å²) in [6.07, 6.45) is -0.300. The van der Waals surface area contributed by atoms with Crippen molar-refractivity contribution in [1.29, 1.82) is 5.26 Å². The Balaban J connectivity index is 2.22. The molecule has 112 valence electrons. The molecule has 5 heteroatoms. The molecule has 0 radical (unpaired) electrons. The van der Waals surface area contributed by atoms with Crippen LogP contribution in [0.3, 0.4) is 0 Å². The molecule has 1 saturated heterocycles. The van der Waals surface area contributed by atoms with E-state index in [4.69, 9.17) is 14.7 Å². The molecule has 1 aliphatic heterocycles. The monoisotopic (exact) mass is 288 g/mol. The number of ether oxygens (including phenoxy) is 2. The van der Waals surface area contributed by atoms with Crippen LogP contribution in [0.15, 0.2) is 18.2 Å². The molecular weight excluding hydrogens is 268 g/mol. The Hall–Kier alpha value is -1.90. The summed E-state index contributed by atoms with van der Waals surface area (Å²) >= 11 is 0. The van der Waals surface area contributed by atoms with E-state index in [0.29, 0.717) is 19.8 Å². The maximum Gasteiger partial charge on any atom is 0.258 e. The SMILES string of the molecule is Cc1ccc(N(CCC#N)C(=O)[C@@H]2COCCO2)cc1C. The van der Waals surface area contributed by atoms with Crippen LogP contribution in [0.1, 0.15) is 17.5 Å². The number of amides is 1. The van der Waals surface area contributed by atoms with Crippen LogP contribution in [-0.4, -0.2) is 38.4 Å². The van der Waals surface area contributed by atoms with Crippen molar-refractivity contribution in [3.05, 3.63) is 29.3 Å². The molecule has 0 aliphatic carbocycles. The third-order valence-electron chi connectivity index (χ3n) is 3.61. The van der Waals surface area contributed by atoms with Crippen molar-refractivity contribution in [2.45, 2.75) is 26.4 Å². The van der Waals surface area contributed by atoms with Crippen LogP contribution < -0.4 is 4.90 Å². The Bertz CT molecular complexity index is 545. The Labute approximate surface area is 125 Å². The summed E-state index contributed by atoms with van der Waals surface area (Å²) in [5.41, 5.74) is 3.08. The highest BCUT2D eigenvalue weighted by Crippen LogP contribution is 2.21. The van der Waals surface area contributed by atoms with Gasteiger partial charge in [0.25, 0.3) is 5.91 Å². The van der Waals surface area contributed by atoms with Crippen molar-refractivity contribution < 1.29 is 14.3 Å². The molecule has 0 spiro atoms. The lowest BCUT2D eigenvalue weighted by atomic mass is 10.1. The molecule has 5 nitrogen and oxygen atoms in total. The molecule has 1 amide bonds. The minimum Gasteiger partial charge on any atom is -0.376 e. The number of aryl methyl sites for hydroxylation is 2. The number of carbonyl (C=O) groups excluding carboxylic acids is 1. The lowest BCUT2D eigenvalue weighted by molar-refractivity contribution is -0.144. The highest BCUT2D eigenvalue weighted by atomic mass is 16.6. The van der Waals surface area contributed by atoms with E-state index in [2.05, 4.69) is 6.07 Å². The topological polar surface area (TPSA) is 62.6 Å². The van der Waals surface area contributed by atoms with Gasteiger partial charge in [0, 0.05) is 12.2 Å². The van der Waals surface area contributed by atoms with Crippen LogP contribution in [0.5, 0.6) is 0 Å². The first-order valence-electron chi connectivity index (χ1n) is 7.08. The first-order valence-corrected chi connectivity index (χ1v) is 7.08. The van der Waals surface area contributed by atoms with E-state index < -0.39 is 6.10 Å². The van der Waals surface area contributed by atoms with Gasteiger partial charge in [-0.05, 0) is 37.1 Å². The lowest BCUT2D eigenvalue weighted by Crippen LogP contribution is -2.46. The van der Waals surface area contributed by atoms with E-state index in [1.807, 2.05) is 32.0 Å². The number of anilines is 1. The predicted molar refractivity (Wildman–Crippen MR) is 79.1 cm³/mol. The molecule has 1 heterocycles. The average molecular weight is 288 g/mol. The summed E-state index contributed by atoms with van der Waals surface area (Å²) in [6.45, 7) is 5.61. The minimum absolute atomic E-state index is 0.145. The molecule has 0 bridgehead atoms. The Morgan fingerprint density at radius 2 is 2.19 bits per heavy atom. The number of benzene rings is 1. The normalized spacial score (nSPS) is 18.0. The number of carbonyl (C=O) groups is 1. The van der Waals surface area contributed by atoms with Crippen LogP contribution in [0, 0.1) is 25.2 Å². The molecule has 1 atom stereocenters. The van der Waals surface area contributed by atoms with Gasteiger partial charge in [-0.15, -0.1) is 0 Å². The zero-order valence-electron chi connectivity index (χ0n) is 12.5. The summed E-state index contributed by atoms with van der Waals surface area (Å²) in [4.78, 5) is 14.2. The largest absolute Gasteiger partial charge is 0.376 e. The van der Waals surface area contributed by atoms with E-state index in [-0.39, 0.29) is 18.9 Å². The fraction of sp³-hybridized carbons (Fsp3) is 0.500. The van der Waals surface area contributed by atoms with E-state index in [0.717, 1.165) is 11.3 Å². The maximum atomic E-state index is 12.6. The van der Waals surface area contributed by atoms with Gasteiger partial charge in [0.1, 0.15) is 0 Å². The summed E-state index contributed by atoms with van der Waals surface area (Å²) < 4.78 is 10.8. The predicted octanol–water partition coefficient (Wildman–Crippen LogP) is 1.97. The summed E-state index contributed by atoms with van der Waals surface area (Å²) in [7, 11) is 0. The van der Waals surface area contributed by atoms with Crippen molar-refractivity contribution >= 4 is 11.6 Å². The second-order valence-electron chi connectivity index (χ2n) is 5.10. The third-order valence-corrected chi connectivity index (χ3v) is 3.61. The molecule has 21 heavy (non-hydrogen) atoms. The van der Waals surface area contributed by atoms with Gasteiger partial charge in [-0.2, -0.15) is 5.26 Å². The minimum atomic E-state index is -0.584. The van der Waals surface area contributed by atoms with Gasteiger partial charge in [0.15, 0.2) is 6.10 Å². The molecule has 1 aromatic carbocycles. The van der Waals surface area contributed by atoms with Gasteiger partial charge >= 0.3 is 0 Å². The first-order chi connectivity index (χ1) is 10.1. The molecule has 2 rings (SSSR count). The highest BCUT2D eigenvalue weighted by Gasteiger charge is 2.28. The zero-order chi connectivity index (χ0) is 15.2. The van der Waals surface area contributed by atoms with Gasteiger partial charge in [-0.1, -0.05) is 6.07 Å². The van der Waals surface area contributed by atoms with Crippen LogP contribution in [0.2, 0.25) is 0 Å². The van der Waals surface area contributed by atoms with Crippen molar-refractivity contribution in [1.82, 2.24) is 0 Å². The van der Waals surface area contributed by atoms with E-state index in [1.165, 1.54) is 5.56 Å². The second-order valence-corrected chi connectivity index (χ2v) is 5.10. The fourth-order valence-corrected chi connectivity index (χ4v) is 2.23. The fourth-order valence-electron chi connectivity index (χ4n) is 2.23. The van der Waals surface area contributed by atoms with Crippen molar-refractivity contribution in [2.75, 3.05) is 31.3 Å². The van der Waals surface area contributed by atoms with Crippen LogP contribution in [0.4, 0.5) is 5.69 Å². The molecule has 1 aliphatic rings. The molecular formula is C16H20N2O3. The van der Waals surface area contributed by atoms with E-state index in [9.17, 15) is 4.79 Å². The van der Waals surface area contributed by atoms with Gasteiger partial charge in [-0.3, -0.25) is 4.79 Å². The molecule has 0 aromatic heterocycles. The standard InChI is InChI=1S/C16H20N2O3/c1-12-4-5-14(10-13(12)2)18(7-3-6-17)16(19)15-11-20-8-9-21-15/h4-5,10,15H,3,7-9,11H2,1-2H3/t15-/m0/s1. The van der Waals surface area contributed by atoms with Gasteiger partial charge in [0.05, 0.1) is 32.3 Å². The van der Waals surface area contributed by atoms with Gasteiger partial charge < -0.3 is 14.4 Å². The average Bonchev–Trinajstić information content (AvgIpc) is 2.51. The number of nitriles is 1. The number of hydrogen-bond donors (Lipinski definition) is 0. The number of rotatable bonds is 4. The molecule has 0 N–H and O–H groups in total. The number of nitrogens with zero attached hydrogens (tertiary/aromatic N) is 2. The lowest BCUT2D eigenvalue weighted by Gasteiger charge is -2.29. The van der Waals surface area contributed by atoms with Crippen molar-refractivity contribution in [2.24, 2.45) is 0 Å². The third kappa shape index (κ3) is 3.81. The van der Waals surface area contributed by atoms with E-state index in [1.54, 1.807) is 4.90 Å².